The molecule has 1 aliphatic heterocycles. The molecule has 0 aliphatic carbocycles. The number of benzene rings is 1. The van der Waals surface area contributed by atoms with Gasteiger partial charge < -0.3 is 15.4 Å². The average Bonchev–Trinajstić information content (AvgIpc) is 2.45. The third kappa shape index (κ3) is 3.57. The summed E-state index contributed by atoms with van der Waals surface area (Å²) in [7, 11) is 1.37. The number of carbonyl (C=O) groups is 2. The van der Waals surface area contributed by atoms with Crippen LogP contribution in [0.2, 0.25) is 0 Å². The van der Waals surface area contributed by atoms with Crippen molar-refractivity contribution in [3.63, 3.8) is 0 Å². The van der Waals surface area contributed by atoms with Crippen molar-refractivity contribution in [1.82, 2.24) is 10.6 Å². The third-order valence-corrected chi connectivity index (χ3v) is 3.60. The predicted molar refractivity (Wildman–Crippen MR) is 75.1 cm³/mol. The number of nitrogens with one attached hydrogen (secondary N) is 2. The molecule has 5 nitrogen and oxygen atoms in total. The topological polar surface area (TPSA) is 67.4 Å². The van der Waals surface area contributed by atoms with Gasteiger partial charge in [0.25, 0.3) is 0 Å². The van der Waals surface area contributed by atoms with Crippen molar-refractivity contribution in [2.24, 2.45) is 0 Å². The second-order valence-corrected chi connectivity index (χ2v) is 5.09. The fourth-order valence-electron chi connectivity index (χ4n) is 2.40. The summed E-state index contributed by atoms with van der Waals surface area (Å²) in [5.41, 5.74) is 1.09. The molecule has 0 saturated carbocycles. The largest absolute Gasteiger partial charge is 0.469 e. The Morgan fingerprint density at radius 3 is 2.65 bits per heavy atom. The van der Waals surface area contributed by atoms with Crippen molar-refractivity contribution in [3.05, 3.63) is 35.9 Å². The van der Waals surface area contributed by atoms with E-state index in [1.807, 2.05) is 37.3 Å². The molecule has 0 spiro atoms. The Kier molecular flexibility index (Phi) is 4.74. The van der Waals surface area contributed by atoms with Crippen LogP contribution in [0.1, 0.15) is 18.9 Å². The van der Waals surface area contributed by atoms with Gasteiger partial charge in [0.2, 0.25) is 5.91 Å². The Balaban J connectivity index is 2.01. The molecular formula is C15H20N2O3. The van der Waals surface area contributed by atoms with Gasteiger partial charge in [0.15, 0.2) is 0 Å². The molecule has 108 valence electrons. The van der Waals surface area contributed by atoms with Crippen molar-refractivity contribution in [3.8, 4) is 0 Å². The van der Waals surface area contributed by atoms with Gasteiger partial charge >= 0.3 is 5.97 Å². The van der Waals surface area contributed by atoms with E-state index >= 15 is 0 Å². The molecule has 1 amide bonds. The number of ether oxygens (including phenoxy) is 1. The van der Waals surface area contributed by atoms with E-state index in [1.54, 1.807) is 0 Å². The Labute approximate surface area is 118 Å². The van der Waals surface area contributed by atoms with Gasteiger partial charge in [-0.3, -0.25) is 9.59 Å². The van der Waals surface area contributed by atoms with Crippen molar-refractivity contribution < 1.29 is 14.3 Å². The van der Waals surface area contributed by atoms with Crippen LogP contribution < -0.4 is 10.6 Å². The minimum atomic E-state index is -0.316. The highest BCUT2D eigenvalue weighted by Crippen LogP contribution is 2.12. The molecular weight excluding hydrogens is 256 g/mol. The summed E-state index contributed by atoms with van der Waals surface area (Å²) in [5.74, 6) is -0.300. The maximum Gasteiger partial charge on any atom is 0.307 e. The number of carbonyl (C=O) groups excluding carboxylic acids is 2. The molecule has 2 rings (SSSR count). The first-order chi connectivity index (χ1) is 9.60. The smallest absolute Gasteiger partial charge is 0.307 e. The van der Waals surface area contributed by atoms with Gasteiger partial charge in [-0.1, -0.05) is 30.3 Å². The minimum absolute atomic E-state index is 0.0255. The Bertz CT molecular complexity index is 475. The molecule has 0 unspecified atom stereocenters. The Morgan fingerprint density at radius 1 is 1.30 bits per heavy atom. The van der Waals surface area contributed by atoms with E-state index < -0.39 is 0 Å². The molecule has 1 aliphatic rings. The molecule has 1 aromatic carbocycles. The average molecular weight is 276 g/mol. The molecule has 0 bridgehead atoms. The summed E-state index contributed by atoms with van der Waals surface area (Å²) in [6, 6.07) is 9.31. The van der Waals surface area contributed by atoms with E-state index in [2.05, 4.69) is 10.6 Å². The molecule has 1 aromatic rings. The highest BCUT2D eigenvalue weighted by atomic mass is 16.5. The van der Waals surface area contributed by atoms with Gasteiger partial charge in [-0.2, -0.15) is 0 Å². The second-order valence-electron chi connectivity index (χ2n) is 5.09. The zero-order valence-electron chi connectivity index (χ0n) is 11.8. The van der Waals surface area contributed by atoms with Crippen LogP contribution in [0.4, 0.5) is 0 Å². The summed E-state index contributed by atoms with van der Waals surface area (Å²) < 4.78 is 4.69. The molecule has 5 heteroatoms. The predicted octanol–water partition coefficient (Wildman–Crippen LogP) is 0.637. The summed E-state index contributed by atoms with van der Waals surface area (Å²) in [6.45, 7) is 1.89. The van der Waals surface area contributed by atoms with Crippen molar-refractivity contribution in [2.75, 3.05) is 7.11 Å². The van der Waals surface area contributed by atoms with Gasteiger partial charge in [0.1, 0.15) is 0 Å². The number of amides is 1. The summed E-state index contributed by atoms with van der Waals surface area (Å²) >= 11 is 0. The quantitative estimate of drug-likeness (QED) is 0.792. The number of esters is 1. The van der Waals surface area contributed by atoms with Crippen LogP contribution in [0.25, 0.3) is 0 Å². The first-order valence-corrected chi connectivity index (χ1v) is 6.77. The van der Waals surface area contributed by atoms with E-state index in [1.165, 1.54) is 7.11 Å². The highest BCUT2D eigenvalue weighted by Gasteiger charge is 2.33. The molecule has 20 heavy (non-hydrogen) atoms. The lowest BCUT2D eigenvalue weighted by atomic mass is 9.96. The monoisotopic (exact) mass is 276 g/mol. The van der Waals surface area contributed by atoms with Gasteiger partial charge in [0.05, 0.1) is 19.6 Å². The minimum Gasteiger partial charge on any atom is -0.469 e. The molecule has 0 aromatic heterocycles. The fraction of sp³-hybridized carbons (Fsp3) is 0.467. The van der Waals surface area contributed by atoms with E-state index in [4.69, 9.17) is 4.74 Å². The lowest BCUT2D eigenvalue weighted by Gasteiger charge is -2.35. The van der Waals surface area contributed by atoms with Crippen LogP contribution in [-0.2, 0) is 20.7 Å². The molecule has 1 saturated heterocycles. The maximum atomic E-state index is 12.0. The van der Waals surface area contributed by atoms with Crippen molar-refractivity contribution in [2.45, 2.75) is 37.9 Å². The number of rotatable bonds is 4. The van der Waals surface area contributed by atoms with Crippen molar-refractivity contribution >= 4 is 11.9 Å². The lowest BCUT2D eigenvalue weighted by Crippen LogP contribution is -2.63. The Hall–Kier alpha value is -1.88. The normalized spacial score (nSPS) is 25.9. The lowest BCUT2D eigenvalue weighted by molar-refractivity contribution is -0.142. The molecule has 1 heterocycles. The van der Waals surface area contributed by atoms with E-state index in [-0.39, 0.29) is 36.4 Å². The van der Waals surface area contributed by atoms with E-state index in [0.29, 0.717) is 6.42 Å². The number of piperazine rings is 1. The zero-order valence-corrected chi connectivity index (χ0v) is 11.8. The highest BCUT2D eigenvalue weighted by molar-refractivity contribution is 5.83. The number of methoxy groups -OCH3 is 1. The maximum absolute atomic E-state index is 12.0. The van der Waals surface area contributed by atoms with Crippen LogP contribution >= 0.6 is 0 Å². The first-order valence-electron chi connectivity index (χ1n) is 6.77. The number of hydrogen-bond acceptors (Lipinski definition) is 4. The van der Waals surface area contributed by atoms with Crippen LogP contribution in [0, 0.1) is 0 Å². The molecule has 1 fully saturated rings. The first kappa shape index (κ1) is 14.5. The summed E-state index contributed by atoms with van der Waals surface area (Å²) in [5, 5.41) is 6.17. The SMILES string of the molecule is COC(=O)C[C@H]1N[C@@H](Cc2ccccc2)C(=O)N[C@H]1C. The standard InChI is InChI=1S/C15H20N2O3/c1-10-12(9-14(18)20-2)17-13(15(19)16-10)8-11-6-4-3-5-7-11/h3-7,10,12-13,17H,8-9H2,1-2H3,(H,16,19)/t10-,12+,13-/m0/s1. The van der Waals surface area contributed by atoms with Gasteiger partial charge in [-0.15, -0.1) is 0 Å². The van der Waals surface area contributed by atoms with Gasteiger partial charge in [-0.05, 0) is 18.9 Å². The van der Waals surface area contributed by atoms with Crippen LogP contribution in [0.15, 0.2) is 30.3 Å². The van der Waals surface area contributed by atoms with Gasteiger partial charge in [0, 0.05) is 12.1 Å². The molecule has 0 radical (unpaired) electrons. The Morgan fingerprint density at radius 2 is 2.00 bits per heavy atom. The zero-order chi connectivity index (χ0) is 14.5. The van der Waals surface area contributed by atoms with E-state index in [0.717, 1.165) is 5.56 Å². The molecule has 2 N–H and O–H groups in total. The summed E-state index contributed by atoms with van der Waals surface area (Å²) in [4.78, 5) is 23.4. The third-order valence-electron chi connectivity index (χ3n) is 3.60. The van der Waals surface area contributed by atoms with Crippen LogP contribution in [0.5, 0.6) is 0 Å². The van der Waals surface area contributed by atoms with Crippen molar-refractivity contribution in [1.29, 1.82) is 0 Å². The van der Waals surface area contributed by atoms with Gasteiger partial charge in [-0.25, -0.2) is 0 Å². The fourth-order valence-corrected chi connectivity index (χ4v) is 2.40. The second kappa shape index (κ2) is 6.52. The van der Waals surface area contributed by atoms with Crippen LogP contribution in [0.3, 0.4) is 0 Å². The molecule has 3 atom stereocenters. The van der Waals surface area contributed by atoms with Crippen LogP contribution in [-0.4, -0.2) is 37.1 Å². The van der Waals surface area contributed by atoms with E-state index in [9.17, 15) is 9.59 Å². The number of hydrogen-bond donors (Lipinski definition) is 2. The summed E-state index contributed by atoms with van der Waals surface area (Å²) in [6.07, 6.45) is 0.861.